The first-order valence-electron chi connectivity index (χ1n) is 7.49. The minimum Gasteiger partial charge on any atom is -0.106 e. The van der Waals surface area contributed by atoms with Gasteiger partial charge < -0.3 is 0 Å². The molecule has 0 bridgehead atoms. The van der Waals surface area contributed by atoms with Gasteiger partial charge in [0.25, 0.3) is 0 Å². The molecule has 0 atom stereocenters. The summed E-state index contributed by atoms with van der Waals surface area (Å²) in [5, 5.41) is 0. The van der Waals surface area contributed by atoms with Crippen LogP contribution in [0, 0.1) is 6.92 Å². The molecule has 0 spiro atoms. The molecule has 0 unspecified atom stereocenters. The second-order valence-electron chi connectivity index (χ2n) is 4.48. The van der Waals surface area contributed by atoms with Crippen molar-refractivity contribution < 1.29 is 0 Å². The lowest BCUT2D eigenvalue weighted by Crippen LogP contribution is -1.95. The molecule has 2 aliphatic carbocycles. The lowest BCUT2D eigenvalue weighted by Gasteiger charge is -2.10. The molecule has 1 aromatic rings. The van der Waals surface area contributed by atoms with Crippen LogP contribution in [0.3, 0.4) is 0 Å². The monoisotopic (exact) mass is 258 g/mol. The molecule has 1 aromatic carbocycles. The highest BCUT2D eigenvalue weighted by molar-refractivity contribution is 5.49. The van der Waals surface area contributed by atoms with Crippen LogP contribution in [-0.2, 0) is 25.7 Å². The fourth-order valence-corrected chi connectivity index (χ4v) is 3.10. The molecule has 0 fully saturated rings. The summed E-state index contributed by atoms with van der Waals surface area (Å²) in [6.07, 6.45) is 8.13. The van der Waals surface area contributed by atoms with Crippen molar-refractivity contribution in [3.05, 3.63) is 60.2 Å². The molecule has 0 heterocycles. The van der Waals surface area contributed by atoms with Crippen LogP contribution in [0.5, 0.6) is 0 Å². The predicted octanol–water partition coefficient (Wildman–Crippen LogP) is 5.60. The Kier molecular flexibility index (Phi) is 8.95. The van der Waals surface area contributed by atoms with Crippen molar-refractivity contribution in [2.45, 2.75) is 59.3 Å². The van der Waals surface area contributed by atoms with Gasteiger partial charge in [0.05, 0.1) is 0 Å². The zero-order valence-electron chi connectivity index (χ0n) is 13.1. The highest BCUT2D eigenvalue weighted by Crippen LogP contribution is 2.34. The van der Waals surface area contributed by atoms with E-state index in [2.05, 4.69) is 39.3 Å². The molecule has 19 heavy (non-hydrogen) atoms. The fraction of sp³-hybridized carbons (Fsp3) is 0.474. The summed E-state index contributed by atoms with van der Waals surface area (Å²) in [4.78, 5) is 0. The first-order chi connectivity index (χ1) is 9.36. The molecule has 0 nitrogen and oxygen atoms in total. The van der Waals surface area contributed by atoms with Gasteiger partial charge in [-0.3, -0.25) is 0 Å². The molecular weight excluding hydrogens is 228 g/mol. The number of rotatable bonds is 0. The molecule has 0 aromatic heterocycles. The van der Waals surface area contributed by atoms with Crippen LogP contribution in [0.15, 0.2) is 32.4 Å². The smallest absolute Gasteiger partial charge is 0.0270 e. The van der Waals surface area contributed by atoms with Gasteiger partial charge in [-0.1, -0.05) is 19.9 Å². The zero-order valence-corrected chi connectivity index (χ0v) is 13.1. The Labute approximate surface area is 120 Å². The van der Waals surface area contributed by atoms with Crippen molar-refractivity contribution in [2.24, 2.45) is 0 Å². The van der Waals surface area contributed by atoms with Crippen LogP contribution < -0.4 is 0 Å². The van der Waals surface area contributed by atoms with Crippen LogP contribution in [0.4, 0.5) is 0 Å². The standard InChI is InChI=1S/C13H16.C2H6.2C2H4/c1-9-12-6-2-4-10(12)8-11-5-3-7-13(9)11;3*1-2/h8H,2-7H2,1H3;1-2H3;2*1-2H2. The van der Waals surface area contributed by atoms with E-state index in [4.69, 9.17) is 0 Å². The summed E-state index contributed by atoms with van der Waals surface area (Å²) in [6, 6.07) is 2.50. The Hall–Kier alpha value is -1.30. The summed E-state index contributed by atoms with van der Waals surface area (Å²) >= 11 is 0. The molecule has 3 rings (SSSR count). The quantitative estimate of drug-likeness (QED) is 0.531. The molecule has 0 saturated heterocycles. The van der Waals surface area contributed by atoms with Crippen molar-refractivity contribution >= 4 is 0 Å². The number of benzene rings is 1. The average Bonchev–Trinajstić information content (AvgIpc) is 3.15. The first kappa shape index (κ1) is 17.7. The van der Waals surface area contributed by atoms with Gasteiger partial charge in [-0.15, -0.1) is 26.3 Å². The third-order valence-electron chi connectivity index (χ3n) is 3.77. The van der Waals surface area contributed by atoms with Crippen molar-refractivity contribution in [3.63, 3.8) is 0 Å². The van der Waals surface area contributed by atoms with Crippen molar-refractivity contribution in [2.75, 3.05) is 0 Å². The lowest BCUT2D eigenvalue weighted by molar-refractivity contribution is 0.893. The second kappa shape index (κ2) is 9.61. The SMILES string of the molecule is C=C.C=C.CC.Cc1c2c(cc3c1CCC3)CCC2. The van der Waals surface area contributed by atoms with E-state index < -0.39 is 0 Å². The van der Waals surface area contributed by atoms with Gasteiger partial charge in [-0.25, -0.2) is 0 Å². The Morgan fingerprint density at radius 3 is 1.47 bits per heavy atom. The van der Waals surface area contributed by atoms with E-state index >= 15 is 0 Å². The number of fused-ring (bicyclic) bond motifs is 2. The summed E-state index contributed by atoms with van der Waals surface area (Å²) < 4.78 is 0. The van der Waals surface area contributed by atoms with Crippen LogP contribution in [0.2, 0.25) is 0 Å². The first-order valence-corrected chi connectivity index (χ1v) is 7.49. The third kappa shape index (κ3) is 3.83. The predicted molar refractivity (Wildman–Crippen MR) is 89.1 cm³/mol. The van der Waals surface area contributed by atoms with Crippen LogP contribution in [0.1, 0.15) is 54.5 Å². The molecule has 0 amide bonds. The Balaban J connectivity index is 0.000000482. The maximum Gasteiger partial charge on any atom is -0.0270 e. The summed E-state index contributed by atoms with van der Waals surface area (Å²) in [7, 11) is 0. The molecule has 0 saturated carbocycles. The molecule has 0 N–H and O–H groups in total. The average molecular weight is 258 g/mol. The lowest BCUT2D eigenvalue weighted by atomic mass is 9.95. The minimum atomic E-state index is 1.34. The van der Waals surface area contributed by atoms with E-state index in [0.717, 1.165) is 0 Å². The van der Waals surface area contributed by atoms with Gasteiger partial charge in [0.1, 0.15) is 0 Å². The Bertz CT molecular complexity index is 353. The third-order valence-corrected chi connectivity index (χ3v) is 3.77. The molecule has 0 heteroatoms. The highest BCUT2D eigenvalue weighted by atomic mass is 14.3. The van der Waals surface area contributed by atoms with E-state index in [0.29, 0.717) is 0 Å². The Morgan fingerprint density at radius 2 is 1.11 bits per heavy atom. The molecule has 0 radical (unpaired) electrons. The maximum absolute atomic E-state index is 3.00. The van der Waals surface area contributed by atoms with Crippen molar-refractivity contribution in [1.82, 2.24) is 0 Å². The van der Waals surface area contributed by atoms with E-state index in [1.165, 1.54) is 38.5 Å². The Morgan fingerprint density at radius 1 is 0.737 bits per heavy atom. The van der Waals surface area contributed by atoms with Gasteiger partial charge in [-0.05, 0) is 73.3 Å². The fourth-order valence-electron chi connectivity index (χ4n) is 3.10. The van der Waals surface area contributed by atoms with E-state index in [1.54, 1.807) is 27.8 Å². The van der Waals surface area contributed by atoms with Gasteiger partial charge in [-0.2, -0.15) is 0 Å². The maximum atomic E-state index is 3.00. The van der Waals surface area contributed by atoms with E-state index in [1.807, 2.05) is 13.8 Å². The molecule has 0 aliphatic heterocycles. The normalized spacial score (nSPS) is 13.6. The van der Waals surface area contributed by atoms with Gasteiger partial charge in [0.15, 0.2) is 0 Å². The number of hydrogen-bond donors (Lipinski definition) is 0. The van der Waals surface area contributed by atoms with Gasteiger partial charge in [0, 0.05) is 0 Å². The van der Waals surface area contributed by atoms with Crippen molar-refractivity contribution in [3.8, 4) is 0 Å². The number of hydrogen-bond acceptors (Lipinski definition) is 0. The topological polar surface area (TPSA) is 0 Å². The van der Waals surface area contributed by atoms with E-state index in [9.17, 15) is 0 Å². The van der Waals surface area contributed by atoms with Gasteiger partial charge >= 0.3 is 0 Å². The van der Waals surface area contributed by atoms with Gasteiger partial charge in [0.2, 0.25) is 0 Å². The zero-order chi connectivity index (χ0) is 14.8. The molecule has 106 valence electrons. The summed E-state index contributed by atoms with van der Waals surface area (Å²) in [6.45, 7) is 18.3. The van der Waals surface area contributed by atoms with Crippen molar-refractivity contribution in [1.29, 1.82) is 0 Å². The highest BCUT2D eigenvalue weighted by Gasteiger charge is 2.21. The van der Waals surface area contributed by atoms with Crippen LogP contribution in [-0.4, -0.2) is 0 Å². The molecular formula is C19H30. The van der Waals surface area contributed by atoms with Crippen LogP contribution in [0.25, 0.3) is 0 Å². The van der Waals surface area contributed by atoms with Crippen LogP contribution >= 0.6 is 0 Å². The summed E-state index contributed by atoms with van der Waals surface area (Å²) in [5.41, 5.74) is 8.36. The largest absolute Gasteiger partial charge is 0.106 e. The number of aryl methyl sites for hydroxylation is 2. The second-order valence-corrected chi connectivity index (χ2v) is 4.48. The molecule has 2 aliphatic rings. The van der Waals surface area contributed by atoms with E-state index in [-0.39, 0.29) is 0 Å². The summed E-state index contributed by atoms with van der Waals surface area (Å²) in [5.74, 6) is 0. The minimum absolute atomic E-state index is 1.34.